The second-order valence-electron chi connectivity index (χ2n) is 10.1. The second kappa shape index (κ2) is 7.45. The summed E-state index contributed by atoms with van der Waals surface area (Å²) in [6, 6.07) is 4.46. The molecule has 4 aliphatic carbocycles. The van der Waals surface area contributed by atoms with E-state index in [1.54, 1.807) is 13.8 Å². The van der Waals surface area contributed by atoms with E-state index in [1.165, 1.54) is 25.2 Å². The van der Waals surface area contributed by atoms with Gasteiger partial charge in [0.2, 0.25) is 10.0 Å². The van der Waals surface area contributed by atoms with E-state index in [0.29, 0.717) is 24.2 Å². The maximum Gasteiger partial charge on any atom is 0.245 e. The molecule has 0 spiro atoms. The van der Waals surface area contributed by atoms with E-state index >= 15 is 0 Å². The molecule has 4 bridgehead atoms. The molecular weight excluding hydrogens is 445 g/mol. The van der Waals surface area contributed by atoms with Crippen molar-refractivity contribution < 1.29 is 18.3 Å². The van der Waals surface area contributed by atoms with Crippen LogP contribution in [-0.4, -0.2) is 41.8 Å². The number of Topliss-reactive ketones (excluding diaryl/α,β-unsaturated/α-hetero) is 1. The fraction of sp³-hybridized carbons (Fsp3) is 0.682. The smallest absolute Gasteiger partial charge is 0.245 e. The first-order chi connectivity index (χ1) is 13.8. The van der Waals surface area contributed by atoms with Gasteiger partial charge in [-0.05, 0) is 81.8 Å². The van der Waals surface area contributed by atoms with Gasteiger partial charge in [0, 0.05) is 13.5 Å². The lowest BCUT2D eigenvalue weighted by Gasteiger charge is -2.58. The summed E-state index contributed by atoms with van der Waals surface area (Å²) >= 11 is 12.2. The summed E-state index contributed by atoms with van der Waals surface area (Å²) in [5, 5.41) is 10.9. The van der Waals surface area contributed by atoms with Crippen LogP contribution < -0.4 is 0 Å². The Labute approximate surface area is 188 Å². The van der Waals surface area contributed by atoms with E-state index in [-0.39, 0.29) is 26.6 Å². The van der Waals surface area contributed by atoms with Gasteiger partial charge in [-0.2, -0.15) is 4.31 Å². The van der Waals surface area contributed by atoms with Crippen molar-refractivity contribution in [2.75, 3.05) is 7.05 Å². The third-order valence-corrected chi connectivity index (χ3v) is 10.9. The molecule has 1 N–H and O–H groups in total. The molecule has 2 unspecified atom stereocenters. The Morgan fingerprint density at radius 2 is 1.80 bits per heavy atom. The minimum atomic E-state index is -4.01. The van der Waals surface area contributed by atoms with Crippen LogP contribution in [0.3, 0.4) is 0 Å². The number of aliphatic hydroxyl groups is 1. The largest absolute Gasteiger partial charge is 0.390 e. The van der Waals surface area contributed by atoms with Gasteiger partial charge in [0.1, 0.15) is 4.90 Å². The van der Waals surface area contributed by atoms with Crippen molar-refractivity contribution in [3.05, 3.63) is 28.2 Å². The number of nitrogens with zero attached hydrogens (tertiary/aromatic N) is 1. The lowest BCUT2D eigenvalue weighted by Crippen LogP contribution is -2.56. The number of halogens is 2. The van der Waals surface area contributed by atoms with E-state index in [4.69, 9.17) is 23.2 Å². The highest BCUT2D eigenvalue weighted by atomic mass is 35.5. The first-order valence-electron chi connectivity index (χ1n) is 10.5. The monoisotopic (exact) mass is 473 g/mol. The summed E-state index contributed by atoms with van der Waals surface area (Å²) < 4.78 is 27.6. The number of carbonyl (C=O) groups excluding carboxylic acids is 1. The normalized spacial score (nSPS) is 33.3. The molecular formula is C22H29Cl2NO4S. The number of rotatable bonds is 6. The molecule has 0 saturated heterocycles. The van der Waals surface area contributed by atoms with E-state index in [9.17, 15) is 18.3 Å². The van der Waals surface area contributed by atoms with Crippen LogP contribution in [0.4, 0.5) is 0 Å². The number of hydrogen-bond acceptors (Lipinski definition) is 4. The highest BCUT2D eigenvalue weighted by Gasteiger charge is 2.55. The van der Waals surface area contributed by atoms with Crippen molar-refractivity contribution in [3.8, 4) is 0 Å². The van der Waals surface area contributed by atoms with Crippen LogP contribution in [0.1, 0.15) is 52.4 Å². The topological polar surface area (TPSA) is 74.7 Å². The van der Waals surface area contributed by atoms with Crippen molar-refractivity contribution in [1.82, 2.24) is 4.31 Å². The highest BCUT2D eigenvalue weighted by molar-refractivity contribution is 7.89. The molecule has 30 heavy (non-hydrogen) atoms. The van der Waals surface area contributed by atoms with Gasteiger partial charge in [0.25, 0.3) is 0 Å². The summed E-state index contributed by atoms with van der Waals surface area (Å²) in [6.07, 6.45) is 4.92. The summed E-state index contributed by atoms with van der Waals surface area (Å²) in [5.41, 5.74) is -1.77. The third kappa shape index (κ3) is 3.62. The Hall–Kier alpha value is -0.660. The molecule has 0 radical (unpaired) electrons. The lowest BCUT2D eigenvalue weighted by atomic mass is 9.49. The number of ketones is 1. The van der Waals surface area contributed by atoms with E-state index in [2.05, 4.69) is 0 Å². The summed E-state index contributed by atoms with van der Waals surface area (Å²) in [7, 11) is -2.59. The highest BCUT2D eigenvalue weighted by Crippen LogP contribution is 2.59. The zero-order valence-electron chi connectivity index (χ0n) is 17.6. The van der Waals surface area contributed by atoms with Crippen LogP contribution in [0.15, 0.2) is 23.1 Å². The number of hydrogen-bond donors (Lipinski definition) is 1. The summed E-state index contributed by atoms with van der Waals surface area (Å²) in [5.74, 6) is 1.39. The van der Waals surface area contributed by atoms with Gasteiger partial charge in [-0.3, -0.25) is 4.79 Å². The van der Waals surface area contributed by atoms with E-state index < -0.39 is 21.2 Å². The average molecular weight is 474 g/mol. The number of benzene rings is 1. The molecule has 4 fully saturated rings. The van der Waals surface area contributed by atoms with Crippen LogP contribution in [0.25, 0.3) is 0 Å². The van der Waals surface area contributed by atoms with Crippen LogP contribution in [-0.2, 0) is 14.8 Å². The third-order valence-electron chi connectivity index (χ3n) is 7.88. The Balaban J connectivity index is 1.54. The predicted octanol–water partition coefficient (Wildman–Crippen LogP) is 4.54. The minimum absolute atomic E-state index is 0.0384. The SMILES string of the molecule is CN(C(C)(C)C(=O)CC1C2CC3CC1CC(O)(C3)C2)S(=O)(=O)c1cccc(Cl)c1Cl. The molecule has 1 aromatic carbocycles. The maximum absolute atomic E-state index is 13.4. The molecule has 1 aromatic rings. The molecule has 0 heterocycles. The van der Waals surface area contributed by atoms with Crippen molar-refractivity contribution in [2.45, 2.75) is 68.4 Å². The van der Waals surface area contributed by atoms with Gasteiger partial charge < -0.3 is 5.11 Å². The van der Waals surface area contributed by atoms with Crippen LogP contribution in [0, 0.1) is 23.7 Å². The minimum Gasteiger partial charge on any atom is -0.390 e. The van der Waals surface area contributed by atoms with Crippen molar-refractivity contribution >= 4 is 39.0 Å². The van der Waals surface area contributed by atoms with Crippen LogP contribution in [0.5, 0.6) is 0 Å². The molecule has 0 aromatic heterocycles. The van der Waals surface area contributed by atoms with Crippen molar-refractivity contribution in [2.24, 2.45) is 23.7 Å². The number of sulfonamides is 1. The Kier molecular flexibility index (Phi) is 5.59. The lowest BCUT2D eigenvalue weighted by molar-refractivity contribution is -0.159. The summed E-state index contributed by atoms with van der Waals surface area (Å²) in [6.45, 7) is 3.30. The molecule has 5 rings (SSSR count). The molecule has 2 atom stereocenters. The Morgan fingerprint density at radius 1 is 1.20 bits per heavy atom. The molecule has 4 aliphatic rings. The van der Waals surface area contributed by atoms with Gasteiger partial charge in [0.15, 0.2) is 5.78 Å². The maximum atomic E-state index is 13.4. The van der Waals surface area contributed by atoms with Crippen LogP contribution in [0.2, 0.25) is 10.0 Å². The second-order valence-corrected chi connectivity index (χ2v) is 12.8. The van der Waals surface area contributed by atoms with Gasteiger partial charge in [0.05, 0.1) is 21.2 Å². The molecule has 0 aliphatic heterocycles. The molecule has 166 valence electrons. The first-order valence-corrected chi connectivity index (χ1v) is 12.7. The predicted molar refractivity (Wildman–Crippen MR) is 117 cm³/mol. The van der Waals surface area contributed by atoms with Gasteiger partial charge in [-0.25, -0.2) is 8.42 Å². The van der Waals surface area contributed by atoms with E-state index in [0.717, 1.165) is 36.4 Å². The molecule has 4 saturated carbocycles. The van der Waals surface area contributed by atoms with E-state index in [1.807, 2.05) is 0 Å². The van der Waals surface area contributed by atoms with Crippen molar-refractivity contribution in [1.29, 1.82) is 0 Å². The standard InChI is InChI=1S/C22H29Cl2NO4S/c1-21(2,25(3)30(28,29)18-6-4-5-17(23)20(18)24)19(26)9-16-14-7-13-8-15(16)12-22(27,10-13)11-14/h4-6,13-16,27H,7-12H2,1-3H3. The number of likely N-dealkylation sites (N-methyl/N-ethyl adjacent to an activating group) is 1. The fourth-order valence-corrected chi connectivity index (χ4v) is 8.42. The molecule has 8 heteroatoms. The quantitative estimate of drug-likeness (QED) is 0.657. The van der Waals surface area contributed by atoms with Crippen LogP contribution >= 0.6 is 23.2 Å². The summed E-state index contributed by atoms with van der Waals surface area (Å²) in [4.78, 5) is 13.3. The average Bonchev–Trinajstić information content (AvgIpc) is 2.64. The van der Waals surface area contributed by atoms with Gasteiger partial charge >= 0.3 is 0 Å². The van der Waals surface area contributed by atoms with Crippen molar-refractivity contribution in [3.63, 3.8) is 0 Å². The van der Waals surface area contributed by atoms with Gasteiger partial charge in [-0.1, -0.05) is 29.3 Å². The first kappa shape index (κ1) is 22.5. The zero-order valence-corrected chi connectivity index (χ0v) is 19.9. The van der Waals surface area contributed by atoms with Gasteiger partial charge in [-0.15, -0.1) is 0 Å². The number of carbonyl (C=O) groups is 1. The molecule has 0 amide bonds. The fourth-order valence-electron chi connectivity index (χ4n) is 6.19. The molecule has 5 nitrogen and oxygen atoms in total. The zero-order chi connectivity index (χ0) is 22.1. The Bertz CT molecular complexity index is 961. The Morgan fingerprint density at radius 3 is 2.37 bits per heavy atom.